The summed E-state index contributed by atoms with van der Waals surface area (Å²) in [5.41, 5.74) is 2.04. The number of aryl methyl sites for hydroxylation is 1. The van der Waals surface area contributed by atoms with Gasteiger partial charge >= 0.3 is 0 Å². The molecule has 5 heteroatoms. The molecule has 3 nitrogen and oxygen atoms in total. The Morgan fingerprint density at radius 1 is 1.44 bits per heavy atom. The first kappa shape index (κ1) is 12.1. The molecule has 94 valence electrons. The second kappa shape index (κ2) is 4.59. The lowest BCUT2D eigenvalue weighted by Gasteiger charge is -2.11. The van der Waals surface area contributed by atoms with Gasteiger partial charge in [0.25, 0.3) is 0 Å². The van der Waals surface area contributed by atoms with Crippen molar-refractivity contribution in [3.63, 3.8) is 0 Å². The molecule has 0 unspecified atom stereocenters. The van der Waals surface area contributed by atoms with Gasteiger partial charge < -0.3 is 5.32 Å². The molecule has 0 amide bonds. The number of nitrogens with zero attached hydrogens (tertiary/aromatic N) is 2. The summed E-state index contributed by atoms with van der Waals surface area (Å²) in [7, 11) is 0. The zero-order valence-electron chi connectivity index (χ0n) is 9.95. The van der Waals surface area contributed by atoms with Crippen molar-refractivity contribution in [3.05, 3.63) is 39.6 Å². The number of rotatable bonds is 3. The highest BCUT2D eigenvalue weighted by atomic mass is 79.9. The number of imidazole rings is 1. The average molecular weight is 327 g/mol. The van der Waals surface area contributed by atoms with Gasteiger partial charge in [0.1, 0.15) is 0 Å². The Morgan fingerprint density at radius 3 is 2.89 bits per heavy atom. The number of anilines is 1. The molecule has 1 fully saturated rings. The summed E-state index contributed by atoms with van der Waals surface area (Å²) in [6.07, 6.45) is 4.49. The molecule has 0 spiro atoms. The van der Waals surface area contributed by atoms with Crippen molar-refractivity contribution in [1.82, 2.24) is 9.55 Å². The highest BCUT2D eigenvalue weighted by Crippen LogP contribution is 2.30. The van der Waals surface area contributed by atoms with Crippen LogP contribution in [-0.2, 0) is 0 Å². The minimum atomic E-state index is 0.580. The van der Waals surface area contributed by atoms with E-state index in [1.807, 2.05) is 31.3 Å². The Kier molecular flexibility index (Phi) is 3.08. The minimum Gasteiger partial charge on any atom is -0.353 e. The van der Waals surface area contributed by atoms with E-state index in [0.29, 0.717) is 6.04 Å². The lowest BCUT2D eigenvalue weighted by atomic mass is 10.3. The van der Waals surface area contributed by atoms with Crippen LogP contribution in [0.3, 0.4) is 0 Å². The molecule has 1 aliphatic rings. The quantitative estimate of drug-likeness (QED) is 0.917. The Balaban J connectivity index is 2.03. The van der Waals surface area contributed by atoms with Gasteiger partial charge in [-0.3, -0.25) is 4.57 Å². The normalized spacial score (nSPS) is 14.8. The van der Waals surface area contributed by atoms with Crippen LogP contribution in [0.1, 0.15) is 18.5 Å². The third-order valence-electron chi connectivity index (χ3n) is 2.91. The van der Waals surface area contributed by atoms with Crippen molar-refractivity contribution >= 4 is 33.5 Å². The Bertz CT molecular complexity index is 590. The number of hydrogen-bond donors (Lipinski definition) is 1. The molecule has 3 rings (SSSR count). The summed E-state index contributed by atoms with van der Waals surface area (Å²) in [5, 5.41) is 4.17. The summed E-state index contributed by atoms with van der Waals surface area (Å²) in [6.45, 7) is 2.00. The third-order valence-corrected chi connectivity index (χ3v) is 3.78. The average Bonchev–Trinajstić information content (AvgIpc) is 3.03. The van der Waals surface area contributed by atoms with Gasteiger partial charge in [-0.2, -0.15) is 0 Å². The number of halogens is 2. The second-order valence-corrected chi connectivity index (χ2v) is 5.88. The summed E-state index contributed by atoms with van der Waals surface area (Å²) in [4.78, 5) is 4.53. The van der Waals surface area contributed by atoms with Crippen LogP contribution in [0.5, 0.6) is 0 Å². The van der Waals surface area contributed by atoms with Crippen molar-refractivity contribution in [2.75, 3.05) is 5.32 Å². The lowest BCUT2D eigenvalue weighted by molar-refractivity contribution is 0.998. The van der Waals surface area contributed by atoms with Crippen LogP contribution in [-0.4, -0.2) is 15.6 Å². The van der Waals surface area contributed by atoms with E-state index in [9.17, 15) is 0 Å². The first-order valence-corrected chi connectivity index (χ1v) is 7.08. The molecule has 1 heterocycles. The van der Waals surface area contributed by atoms with Gasteiger partial charge in [-0.1, -0.05) is 11.6 Å². The zero-order chi connectivity index (χ0) is 12.7. The predicted molar refractivity (Wildman–Crippen MR) is 77.7 cm³/mol. The van der Waals surface area contributed by atoms with Crippen LogP contribution >= 0.6 is 27.5 Å². The predicted octanol–water partition coefficient (Wildman–Crippen LogP) is 4.17. The van der Waals surface area contributed by atoms with E-state index in [-0.39, 0.29) is 0 Å². The summed E-state index contributed by atoms with van der Waals surface area (Å²) >= 11 is 9.52. The number of aromatic nitrogens is 2. The van der Waals surface area contributed by atoms with Gasteiger partial charge in [0.15, 0.2) is 0 Å². The van der Waals surface area contributed by atoms with Crippen LogP contribution in [0.2, 0.25) is 5.02 Å². The highest BCUT2D eigenvalue weighted by Gasteiger charge is 2.23. The Hall–Kier alpha value is -1.00. The summed E-state index contributed by atoms with van der Waals surface area (Å²) in [5.74, 6) is 0.901. The number of nitrogens with one attached hydrogen (secondary N) is 1. The van der Waals surface area contributed by atoms with Crippen molar-refractivity contribution < 1.29 is 0 Å². The topological polar surface area (TPSA) is 29.9 Å². The van der Waals surface area contributed by atoms with E-state index < -0.39 is 0 Å². The molecule has 1 N–H and O–H groups in total. The van der Waals surface area contributed by atoms with Gasteiger partial charge in [0, 0.05) is 21.7 Å². The van der Waals surface area contributed by atoms with Gasteiger partial charge in [0.05, 0.1) is 11.4 Å². The van der Waals surface area contributed by atoms with Crippen LogP contribution in [0.25, 0.3) is 5.69 Å². The molecular weight excluding hydrogens is 314 g/mol. The van der Waals surface area contributed by atoms with Gasteiger partial charge in [-0.25, -0.2) is 4.98 Å². The fourth-order valence-corrected chi connectivity index (χ4v) is 2.74. The van der Waals surface area contributed by atoms with E-state index >= 15 is 0 Å². The third kappa shape index (κ3) is 2.40. The number of hydrogen-bond acceptors (Lipinski definition) is 2. The fourth-order valence-electron chi connectivity index (χ4n) is 1.87. The van der Waals surface area contributed by atoms with E-state index in [4.69, 9.17) is 11.6 Å². The molecule has 0 bridgehead atoms. The van der Waals surface area contributed by atoms with E-state index in [0.717, 1.165) is 26.8 Å². The zero-order valence-corrected chi connectivity index (χ0v) is 12.3. The standard InChI is InChI=1S/C13H13BrClN3/c1-8-7-18(13(16-8)17-10-3-4-10)12-5-2-9(15)6-11(12)14/h2,5-7,10H,3-4H2,1H3,(H,16,17). The SMILES string of the molecule is Cc1cn(-c2ccc(Cl)cc2Br)c(NC2CC2)n1. The minimum absolute atomic E-state index is 0.580. The van der Waals surface area contributed by atoms with Crippen LogP contribution in [0.4, 0.5) is 5.95 Å². The van der Waals surface area contributed by atoms with Gasteiger partial charge in [-0.05, 0) is 53.9 Å². The lowest BCUT2D eigenvalue weighted by Crippen LogP contribution is -2.07. The maximum absolute atomic E-state index is 5.97. The Labute approximate surface area is 119 Å². The molecule has 0 radical (unpaired) electrons. The maximum Gasteiger partial charge on any atom is 0.207 e. The van der Waals surface area contributed by atoms with Gasteiger partial charge in [-0.15, -0.1) is 0 Å². The van der Waals surface area contributed by atoms with Crippen LogP contribution in [0.15, 0.2) is 28.9 Å². The molecule has 18 heavy (non-hydrogen) atoms. The molecular formula is C13H13BrClN3. The summed E-state index contributed by atoms with van der Waals surface area (Å²) in [6, 6.07) is 6.35. The van der Waals surface area contributed by atoms with E-state index in [1.54, 1.807) is 0 Å². The fraction of sp³-hybridized carbons (Fsp3) is 0.308. The largest absolute Gasteiger partial charge is 0.353 e. The highest BCUT2D eigenvalue weighted by molar-refractivity contribution is 9.10. The van der Waals surface area contributed by atoms with Crippen molar-refractivity contribution in [2.24, 2.45) is 0 Å². The maximum atomic E-state index is 5.97. The second-order valence-electron chi connectivity index (χ2n) is 4.59. The van der Waals surface area contributed by atoms with Crippen molar-refractivity contribution in [2.45, 2.75) is 25.8 Å². The van der Waals surface area contributed by atoms with E-state index in [1.165, 1.54) is 12.8 Å². The molecule has 0 saturated heterocycles. The first-order valence-electron chi connectivity index (χ1n) is 5.91. The smallest absolute Gasteiger partial charge is 0.207 e. The monoisotopic (exact) mass is 325 g/mol. The van der Waals surface area contributed by atoms with E-state index in [2.05, 4.69) is 30.8 Å². The van der Waals surface area contributed by atoms with Gasteiger partial charge in [0.2, 0.25) is 5.95 Å². The molecule has 0 aliphatic heterocycles. The molecule has 0 atom stereocenters. The summed E-state index contributed by atoms with van der Waals surface area (Å²) < 4.78 is 3.03. The first-order chi connectivity index (χ1) is 8.63. The van der Waals surface area contributed by atoms with Crippen LogP contribution in [0, 0.1) is 6.92 Å². The van der Waals surface area contributed by atoms with Crippen LogP contribution < -0.4 is 5.32 Å². The number of benzene rings is 1. The molecule has 1 saturated carbocycles. The molecule has 1 aromatic carbocycles. The van der Waals surface area contributed by atoms with Crippen molar-refractivity contribution in [1.29, 1.82) is 0 Å². The van der Waals surface area contributed by atoms with Crippen molar-refractivity contribution in [3.8, 4) is 5.69 Å². The molecule has 1 aliphatic carbocycles. The molecule has 1 aromatic heterocycles. The Morgan fingerprint density at radius 2 is 2.22 bits per heavy atom. The molecule has 2 aromatic rings.